The first-order valence-electron chi connectivity index (χ1n) is 10.9. The summed E-state index contributed by atoms with van der Waals surface area (Å²) in [5.74, 6) is 1.44. The van der Waals surface area contributed by atoms with Gasteiger partial charge >= 0.3 is 0 Å². The lowest BCUT2D eigenvalue weighted by Gasteiger charge is -2.29. The van der Waals surface area contributed by atoms with E-state index in [1.54, 1.807) is 13.4 Å². The van der Waals surface area contributed by atoms with Crippen LogP contribution in [0.1, 0.15) is 48.6 Å². The van der Waals surface area contributed by atoms with Gasteiger partial charge in [0.1, 0.15) is 17.6 Å². The number of hydrogen-bond acceptors (Lipinski definition) is 4. The maximum Gasteiger partial charge on any atom is 0.220 e. The van der Waals surface area contributed by atoms with Crippen LogP contribution >= 0.6 is 0 Å². The number of ether oxygens (including phenoxy) is 1. The van der Waals surface area contributed by atoms with Crippen LogP contribution in [0.4, 0.5) is 0 Å². The minimum Gasteiger partial charge on any atom is -0.497 e. The Balaban J connectivity index is 1.44. The monoisotopic (exact) mass is 432 g/mol. The second kappa shape index (κ2) is 9.73. The predicted octanol–water partition coefficient (Wildman–Crippen LogP) is 4.17. The molecule has 2 atom stereocenters. The summed E-state index contributed by atoms with van der Waals surface area (Å²) in [4.78, 5) is 25.0. The Kier molecular flexibility index (Phi) is 6.59. The average Bonchev–Trinajstić information content (AvgIpc) is 3.48. The molecule has 1 aromatic heterocycles. The van der Waals surface area contributed by atoms with Gasteiger partial charge in [0.25, 0.3) is 0 Å². The van der Waals surface area contributed by atoms with Gasteiger partial charge in [-0.15, -0.1) is 0 Å². The SMILES string of the molecule is COc1ccc(C[C@]2(CCC(=O)N[C@H](c3ccccc3)c3ccco3)CCC(=O)N2)cc1. The van der Waals surface area contributed by atoms with Crippen molar-refractivity contribution in [2.75, 3.05) is 7.11 Å². The van der Waals surface area contributed by atoms with E-state index in [4.69, 9.17) is 9.15 Å². The molecule has 0 radical (unpaired) electrons. The fourth-order valence-electron chi connectivity index (χ4n) is 4.32. The van der Waals surface area contributed by atoms with Crippen LogP contribution in [0.2, 0.25) is 0 Å². The maximum atomic E-state index is 13.0. The lowest BCUT2D eigenvalue weighted by Crippen LogP contribution is -2.44. The Bertz CT molecular complexity index is 1030. The van der Waals surface area contributed by atoms with Crippen molar-refractivity contribution in [3.05, 3.63) is 89.9 Å². The van der Waals surface area contributed by atoms with E-state index in [1.165, 1.54) is 0 Å². The normalized spacial score (nSPS) is 18.7. The zero-order valence-corrected chi connectivity index (χ0v) is 18.2. The molecule has 2 heterocycles. The second-order valence-corrected chi connectivity index (χ2v) is 8.28. The summed E-state index contributed by atoms with van der Waals surface area (Å²) in [6.07, 6.45) is 4.35. The van der Waals surface area contributed by atoms with E-state index >= 15 is 0 Å². The van der Waals surface area contributed by atoms with Gasteiger partial charge in [-0.25, -0.2) is 0 Å². The Hall–Kier alpha value is -3.54. The van der Waals surface area contributed by atoms with Crippen molar-refractivity contribution < 1.29 is 18.7 Å². The highest BCUT2D eigenvalue weighted by atomic mass is 16.5. The molecule has 32 heavy (non-hydrogen) atoms. The third kappa shape index (κ3) is 5.19. The zero-order chi connectivity index (χ0) is 22.4. The quantitative estimate of drug-likeness (QED) is 0.532. The molecular formula is C26H28N2O4. The molecule has 6 nitrogen and oxygen atoms in total. The van der Waals surface area contributed by atoms with Crippen LogP contribution in [0.3, 0.4) is 0 Å². The summed E-state index contributed by atoms with van der Waals surface area (Å²) in [6, 6.07) is 20.9. The maximum absolute atomic E-state index is 13.0. The lowest BCUT2D eigenvalue weighted by molar-refractivity contribution is -0.123. The predicted molar refractivity (Wildman–Crippen MR) is 121 cm³/mol. The van der Waals surface area contributed by atoms with Gasteiger partial charge in [0.2, 0.25) is 11.8 Å². The molecule has 1 fully saturated rings. The highest BCUT2D eigenvalue weighted by Crippen LogP contribution is 2.30. The number of rotatable bonds is 9. The van der Waals surface area contributed by atoms with Gasteiger partial charge in [0, 0.05) is 18.4 Å². The van der Waals surface area contributed by atoms with E-state index in [-0.39, 0.29) is 17.9 Å². The van der Waals surface area contributed by atoms with E-state index in [9.17, 15) is 9.59 Å². The minimum absolute atomic E-state index is 0.0386. The largest absolute Gasteiger partial charge is 0.497 e. The van der Waals surface area contributed by atoms with E-state index in [0.717, 1.165) is 16.9 Å². The summed E-state index contributed by atoms with van der Waals surface area (Å²) in [5, 5.41) is 6.25. The summed E-state index contributed by atoms with van der Waals surface area (Å²) in [5.41, 5.74) is 1.64. The topological polar surface area (TPSA) is 80.6 Å². The molecule has 3 aromatic rings. The second-order valence-electron chi connectivity index (χ2n) is 8.28. The fourth-order valence-corrected chi connectivity index (χ4v) is 4.32. The van der Waals surface area contributed by atoms with Crippen LogP contribution in [0.5, 0.6) is 5.75 Å². The molecular weight excluding hydrogens is 404 g/mol. The van der Waals surface area contributed by atoms with Crippen molar-refractivity contribution in [1.29, 1.82) is 0 Å². The van der Waals surface area contributed by atoms with Gasteiger partial charge < -0.3 is 19.8 Å². The van der Waals surface area contributed by atoms with Crippen molar-refractivity contribution >= 4 is 11.8 Å². The molecule has 2 N–H and O–H groups in total. The van der Waals surface area contributed by atoms with Crippen LogP contribution < -0.4 is 15.4 Å². The summed E-state index contributed by atoms with van der Waals surface area (Å²) in [7, 11) is 1.64. The van der Waals surface area contributed by atoms with Crippen molar-refractivity contribution in [2.45, 2.75) is 43.7 Å². The molecule has 0 bridgehead atoms. The molecule has 6 heteroatoms. The highest BCUT2D eigenvalue weighted by Gasteiger charge is 2.38. The van der Waals surface area contributed by atoms with Gasteiger partial charge in [-0.2, -0.15) is 0 Å². The van der Waals surface area contributed by atoms with Crippen LogP contribution in [-0.4, -0.2) is 24.5 Å². The molecule has 0 aliphatic carbocycles. The van der Waals surface area contributed by atoms with Gasteiger partial charge in [0.05, 0.1) is 13.4 Å². The molecule has 1 aliphatic rings. The van der Waals surface area contributed by atoms with Crippen molar-refractivity contribution in [2.24, 2.45) is 0 Å². The fraction of sp³-hybridized carbons (Fsp3) is 0.308. The summed E-state index contributed by atoms with van der Waals surface area (Å²) < 4.78 is 10.8. The molecule has 2 amide bonds. The van der Waals surface area contributed by atoms with Crippen LogP contribution in [-0.2, 0) is 16.0 Å². The number of carbonyl (C=O) groups excluding carboxylic acids is 2. The third-order valence-electron chi connectivity index (χ3n) is 6.03. The summed E-state index contributed by atoms with van der Waals surface area (Å²) >= 11 is 0. The molecule has 0 unspecified atom stereocenters. The molecule has 166 valence electrons. The average molecular weight is 433 g/mol. The lowest BCUT2D eigenvalue weighted by atomic mass is 9.85. The summed E-state index contributed by atoms with van der Waals surface area (Å²) in [6.45, 7) is 0. The smallest absolute Gasteiger partial charge is 0.220 e. The number of amides is 2. The van der Waals surface area contributed by atoms with Crippen molar-refractivity contribution in [3.8, 4) is 5.75 Å². The number of benzene rings is 2. The van der Waals surface area contributed by atoms with Crippen molar-refractivity contribution in [1.82, 2.24) is 10.6 Å². The molecule has 1 saturated heterocycles. The van der Waals surface area contributed by atoms with Crippen LogP contribution in [0, 0.1) is 0 Å². The number of carbonyl (C=O) groups is 2. The first-order chi connectivity index (χ1) is 15.6. The van der Waals surface area contributed by atoms with Gasteiger partial charge in [0.15, 0.2) is 0 Å². The zero-order valence-electron chi connectivity index (χ0n) is 18.2. The number of nitrogens with one attached hydrogen (secondary N) is 2. The highest BCUT2D eigenvalue weighted by molar-refractivity contribution is 5.80. The number of hydrogen-bond donors (Lipinski definition) is 2. The number of methoxy groups -OCH3 is 1. The first kappa shape index (κ1) is 21.7. The Morgan fingerprint density at radius 2 is 1.91 bits per heavy atom. The standard InChI is InChI=1S/C26H28N2O4/c1-31-21-11-9-19(10-12-21)18-26(16-14-24(30)28-26)15-13-23(29)27-25(22-8-5-17-32-22)20-6-3-2-4-7-20/h2-12,17,25H,13-16,18H2,1H3,(H,27,29)(H,28,30)/t25-,26+/m1/s1. The Morgan fingerprint density at radius 1 is 1.12 bits per heavy atom. The third-order valence-corrected chi connectivity index (χ3v) is 6.03. The Labute approximate surface area is 188 Å². The van der Waals surface area contributed by atoms with Crippen LogP contribution in [0.15, 0.2) is 77.4 Å². The first-order valence-corrected chi connectivity index (χ1v) is 10.9. The Morgan fingerprint density at radius 3 is 2.53 bits per heavy atom. The van der Waals surface area contributed by atoms with E-state index in [1.807, 2.05) is 66.7 Å². The molecule has 2 aromatic carbocycles. The van der Waals surface area contributed by atoms with Crippen molar-refractivity contribution in [3.63, 3.8) is 0 Å². The molecule has 1 aliphatic heterocycles. The minimum atomic E-state index is -0.421. The van der Waals surface area contributed by atoms with Gasteiger partial charge in [-0.1, -0.05) is 42.5 Å². The van der Waals surface area contributed by atoms with E-state index < -0.39 is 5.54 Å². The molecule has 0 saturated carbocycles. The van der Waals surface area contributed by atoms with Crippen LogP contribution in [0.25, 0.3) is 0 Å². The molecule has 0 spiro atoms. The number of furan rings is 1. The van der Waals surface area contributed by atoms with Gasteiger partial charge in [-0.3, -0.25) is 9.59 Å². The van der Waals surface area contributed by atoms with E-state index in [0.29, 0.717) is 37.9 Å². The van der Waals surface area contributed by atoms with Gasteiger partial charge in [-0.05, 0) is 54.7 Å². The molecule has 4 rings (SSSR count). The van der Waals surface area contributed by atoms with E-state index in [2.05, 4.69) is 10.6 Å².